The number of aliphatic hydroxyl groups is 2. The second-order valence-corrected chi connectivity index (χ2v) is 12.4. The van der Waals surface area contributed by atoms with Crippen molar-refractivity contribution in [1.82, 2.24) is 0 Å². The Labute approximate surface area is 201 Å². The van der Waals surface area contributed by atoms with Crippen LogP contribution in [-0.2, 0) is 19.2 Å². The minimum absolute atomic E-state index is 0.00128. The lowest BCUT2D eigenvalue weighted by atomic mass is 9.42. The minimum Gasteiger partial charge on any atom is -0.481 e. The minimum atomic E-state index is -1.10. The quantitative estimate of drug-likeness (QED) is 0.558. The van der Waals surface area contributed by atoms with Crippen LogP contribution in [0.5, 0.6) is 0 Å². The lowest BCUT2D eigenvalue weighted by Crippen LogP contribution is -2.61. The van der Waals surface area contributed by atoms with E-state index in [0.29, 0.717) is 30.4 Å². The molecule has 0 spiro atoms. The average Bonchev–Trinajstić information content (AvgIpc) is 2.97. The molecule has 2 fully saturated rings. The second-order valence-electron chi connectivity index (χ2n) is 12.4. The summed E-state index contributed by atoms with van der Waals surface area (Å²) in [6, 6.07) is 0. The molecule has 0 unspecified atom stereocenters. The van der Waals surface area contributed by atoms with Gasteiger partial charge >= 0.3 is 5.97 Å². The van der Waals surface area contributed by atoms with Crippen LogP contribution < -0.4 is 0 Å². The summed E-state index contributed by atoms with van der Waals surface area (Å²) in [6.45, 7) is 9.18. The number of allylic oxidation sites excluding steroid dienone is 2. The Morgan fingerprint density at radius 1 is 1.06 bits per heavy atom. The van der Waals surface area contributed by atoms with Crippen molar-refractivity contribution < 1.29 is 34.5 Å². The lowest BCUT2D eigenvalue weighted by molar-refractivity contribution is -0.152. The zero-order valence-corrected chi connectivity index (χ0v) is 20.9. The summed E-state index contributed by atoms with van der Waals surface area (Å²) in [5, 5.41) is 30.1. The maximum absolute atomic E-state index is 13.9. The number of aliphatic hydroxyl groups excluding tert-OH is 2. The number of carboxylic acid groups (broad SMARTS) is 1. The van der Waals surface area contributed by atoms with Gasteiger partial charge in [0, 0.05) is 47.7 Å². The zero-order chi connectivity index (χ0) is 25.4. The number of carboxylic acids is 1. The Bertz CT molecular complexity index is 997. The molecular formula is C27H38O7. The summed E-state index contributed by atoms with van der Waals surface area (Å²) in [6.07, 6.45) is 1.06. The van der Waals surface area contributed by atoms with Crippen molar-refractivity contribution in [2.75, 3.05) is 6.61 Å². The molecule has 7 heteroatoms. The van der Waals surface area contributed by atoms with Gasteiger partial charge in [-0.15, -0.1) is 0 Å². The van der Waals surface area contributed by atoms with Gasteiger partial charge in [-0.1, -0.05) is 27.7 Å². The predicted molar refractivity (Wildman–Crippen MR) is 124 cm³/mol. The number of carbonyl (C=O) groups is 4. The summed E-state index contributed by atoms with van der Waals surface area (Å²) < 4.78 is 0. The standard InChI is InChI=1S/C27H38O7/c1-14(6-7-21(33)34)15-10-20(32)27(5)23-16(29)11-18-24(2,9-8-19(31)25(18,3)13-28)22(23)17(30)12-26(15,27)4/h14-15,18-19,28,31H,6-13H2,1-5H3,(H,33,34)/t14-,15-,18+,19+,24+,25+,26-,27+/m1/s1. The molecule has 3 N–H and O–H groups in total. The average molecular weight is 475 g/mol. The van der Waals surface area contributed by atoms with Crippen LogP contribution in [0.4, 0.5) is 0 Å². The van der Waals surface area contributed by atoms with E-state index in [1.807, 2.05) is 27.7 Å². The molecule has 4 aliphatic carbocycles. The van der Waals surface area contributed by atoms with Gasteiger partial charge in [0.15, 0.2) is 11.6 Å². The van der Waals surface area contributed by atoms with Gasteiger partial charge in [-0.3, -0.25) is 19.2 Å². The van der Waals surface area contributed by atoms with Crippen LogP contribution in [0.2, 0.25) is 0 Å². The predicted octanol–water partition coefficient (Wildman–Crippen LogP) is 3.11. The molecule has 4 aliphatic rings. The van der Waals surface area contributed by atoms with Gasteiger partial charge in [-0.05, 0) is 49.4 Å². The van der Waals surface area contributed by atoms with E-state index in [9.17, 15) is 29.4 Å². The summed E-state index contributed by atoms with van der Waals surface area (Å²) in [5.74, 6) is -1.92. The summed E-state index contributed by atoms with van der Waals surface area (Å²) in [4.78, 5) is 52.6. The smallest absolute Gasteiger partial charge is 0.303 e. The molecule has 0 heterocycles. The van der Waals surface area contributed by atoms with E-state index in [0.717, 1.165) is 0 Å². The number of hydrogen-bond acceptors (Lipinski definition) is 6. The van der Waals surface area contributed by atoms with Crippen molar-refractivity contribution >= 4 is 23.3 Å². The molecular weight excluding hydrogens is 436 g/mol. The van der Waals surface area contributed by atoms with Crippen molar-refractivity contribution in [3.63, 3.8) is 0 Å². The molecule has 188 valence electrons. The molecule has 0 amide bonds. The SMILES string of the molecule is C[C@H](CCC(=O)O)[C@H]1CC(=O)[C@@]2(C)C3=C(C(=O)C[C@]12C)[C@@]1(C)CC[C@H](O)[C@@](C)(CO)[C@H]1CC3=O. The normalized spacial score (nSPS) is 45.0. The Kier molecular flexibility index (Phi) is 5.81. The van der Waals surface area contributed by atoms with Gasteiger partial charge in [0.25, 0.3) is 0 Å². The van der Waals surface area contributed by atoms with Crippen molar-refractivity contribution in [1.29, 1.82) is 0 Å². The van der Waals surface area contributed by atoms with E-state index < -0.39 is 39.7 Å². The van der Waals surface area contributed by atoms with E-state index in [4.69, 9.17) is 5.11 Å². The van der Waals surface area contributed by atoms with Gasteiger partial charge in [0.05, 0.1) is 18.1 Å². The maximum Gasteiger partial charge on any atom is 0.303 e. The number of rotatable bonds is 5. The highest BCUT2D eigenvalue weighted by atomic mass is 16.4. The van der Waals surface area contributed by atoms with Crippen LogP contribution >= 0.6 is 0 Å². The fourth-order valence-corrected chi connectivity index (χ4v) is 8.43. The number of carbonyl (C=O) groups excluding carboxylic acids is 3. The van der Waals surface area contributed by atoms with Gasteiger partial charge in [-0.2, -0.15) is 0 Å². The van der Waals surface area contributed by atoms with Crippen molar-refractivity contribution in [2.24, 2.45) is 39.4 Å². The first-order valence-corrected chi connectivity index (χ1v) is 12.5. The molecule has 8 atom stereocenters. The molecule has 0 aromatic heterocycles. The van der Waals surface area contributed by atoms with Gasteiger partial charge in [0.1, 0.15) is 5.78 Å². The van der Waals surface area contributed by atoms with Gasteiger partial charge in [-0.25, -0.2) is 0 Å². The van der Waals surface area contributed by atoms with Crippen LogP contribution in [0.25, 0.3) is 0 Å². The number of ketones is 3. The molecule has 0 saturated heterocycles. The molecule has 0 aromatic rings. The maximum atomic E-state index is 13.9. The van der Waals surface area contributed by atoms with Crippen molar-refractivity contribution in [3.8, 4) is 0 Å². The summed E-state index contributed by atoms with van der Waals surface area (Å²) in [7, 11) is 0. The third kappa shape index (κ3) is 3.01. The molecule has 0 aromatic carbocycles. The Balaban J connectivity index is 1.86. The Morgan fingerprint density at radius 2 is 1.71 bits per heavy atom. The third-order valence-electron chi connectivity index (χ3n) is 10.8. The number of Topliss-reactive ketones (excluding diaryl/α,β-unsaturated/α-hetero) is 3. The van der Waals surface area contributed by atoms with Crippen LogP contribution in [0.1, 0.15) is 79.6 Å². The second kappa shape index (κ2) is 7.82. The Morgan fingerprint density at radius 3 is 2.29 bits per heavy atom. The molecule has 34 heavy (non-hydrogen) atoms. The molecule has 0 radical (unpaired) electrons. The topological polar surface area (TPSA) is 129 Å². The lowest BCUT2D eigenvalue weighted by Gasteiger charge is -2.60. The first-order valence-electron chi connectivity index (χ1n) is 12.5. The largest absolute Gasteiger partial charge is 0.481 e. The molecule has 7 nitrogen and oxygen atoms in total. The molecule has 4 rings (SSSR count). The van der Waals surface area contributed by atoms with Crippen LogP contribution in [0.15, 0.2) is 11.1 Å². The van der Waals surface area contributed by atoms with Gasteiger partial charge in [0.2, 0.25) is 0 Å². The molecule has 0 bridgehead atoms. The molecule has 0 aliphatic heterocycles. The highest BCUT2D eigenvalue weighted by Crippen LogP contribution is 2.70. The van der Waals surface area contributed by atoms with Crippen molar-refractivity contribution in [3.05, 3.63) is 11.1 Å². The van der Waals surface area contributed by atoms with Crippen LogP contribution in [-0.4, -0.2) is 51.3 Å². The van der Waals surface area contributed by atoms with E-state index in [1.54, 1.807) is 6.92 Å². The fourth-order valence-electron chi connectivity index (χ4n) is 8.43. The first kappa shape index (κ1) is 25.2. The Hall–Kier alpha value is -1.86. The third-order valence-corrected chi connectivity index (χ3v) is 10.8. The number of hydrogen-bond donors (Lipinski definition) is 3. The monoisotopic (exact) mass is 474 g/mol. The fraction of sp³-hybridized carbons (Fsp3) is 0.778. The van der Waals surface area contributed by atoms with E-state index in [-0.39, 0.29) is 61.5 Å². The van der Waals surface area contributed by atoms with Crippen LogP contribution in [0, 0.1) is 39.4 Å². The van der Waals surface area contributed by atoms with E-state index in [1.165, 1.54) is 0 Å². The molecule has 2 saturated carbocycles. The van der Waals surface area contributed by atoms with Crippen LogP contribution in [0.3, 0.4) is 0 Å². The first-order chi connectivity index (χ1) is 15.7. The summed E-state index contributed by atoms with van der Waals surface area (Å²) >= 11 is 0. The number of aliphatic carboxylic acids is 1. The van der Waals surface area contributed by atoms with Crippen molar-refractivity contribution in [2.45, 2.75) is 85.7 Å². The van der Waals surface area contributed by atoms with Gasteiger partial charge < -0.3 is 15.3 Å². The van der Waals surface area contributed by atoms with E-state index in [2.05, 4.69) is 0 Å². The zero-order valence-electron chi connectivity index (χ0n) is 20.9. The van der Waals surface area contributed by atoms with E-state index >= 15 is 0 Å². The number of fused-ring (bicyclic) bond motifs is 4. The summed E-state index contributed by atoms with van der Waals surface area (Å²) in [5.41, 5.74) is -2.65. The highest BCUT2D eigenvalue weighted by Gasteiger charge is 2.70. The highest BCUT2D eigenvalue weighted by molar-refractivity contribution is 6.16.